The predicted octanol–water partition coefficient (Wildman–Crippen LogP) is 0.367. The van der Waals surface area contributed by atoms with E-state index in [4.69, 9.17) is 0 Å². The molecule has 10 heteroatoms. The normalized spacial score (nSPS) is 27.6. The lowest BCUT2D eigenvalue weighted by atomic mass is 9.99. The molecular weight excluding hydrogens is 380 g/mol. The van der Waals surface area contributed by atoms with Gasteiger partial charge in [-0.15, -0.1) is 0 Å². The van der Waals surface area contributed by atoms with Crippen molar-refractivity contribution in [3.05, 3.63) is 35.4 Å². The van der Waals surface area contributed by atoms with E-state index in [1.165, 1.54) is 7.05 Å². The van der Waals surface area contributed by atoms with Crippen molar-refractivity contribution >= 4 is 21.8 Å². The van der Waals surface area contributed by atoms with Gasteiger partial charge in [0.05, 0.1) is 6.26 Å². The highest BCUT2D eigenvalue weighted by Gasteiger charge is 2.65. The van der Waals surface area contributed by atoms with Gasteiger partial charge in [0, 0.05) is 31.6 Å². The fraction of sp³-hybridized carbons (Fsp3) is 0.529. The monoisotopic (exact) mass is 401 g/mol. The van der Waals surface area contributed by atoms with Crippen LogP contribution in [0.3, 0.4) is 0 Å². The molecule has 0 unspecified atom stereocenters. The average Bonchev–Trinajstić information content (AvgIpc) is 3.15. The Kier molecular flexibility index (Phi) is 4.98. The molecular formula is C17H21F2N3O4S. The molecule has 2 aliphatic rings. The first-order valence-electron chi connectivity index (χ1n) is 8.47. The molecule has 1 aromatic rings. The van der Waals surface area contributed by atoms with Gasteiger partial charge in [-0.3, -0.25) is 9.59 Å². The molecule has 1 aliphatic carbocycles. The summed E-state index contributed by atoms with van der Waals surface area (Å²) in [5.74, 6) is -2.45. The molecule has 2 fully saturated rings. The van der Waals surface area contributed by atoms with Crippen LogP contribution in [-0.2, 0) is 26.2 Å². The van der Waals surface area contributed by atoms with Crippen molar-refractivity contribution in [1.29, 1.82) is 0 Å². The lowest BCUT2D eigenvalue weighted by Gasteiger charge is -2.20. The number of sulfonamides is 1. The van der Waals surface area contributed by atoms with Crippen LogP contribution in [0.1, 0.15) is 18.4 Å². The van der Waals surface area contributed by atoms with Gasteiger partial charge in [-0.2, -0.15) is 4.31 Å². The molecule has 7 nitrogen and oxygen atoms in total. The van der Waals surface area contributed by atoms with Crippen LogP contribution in [0.25, 0.3) is 0 Å². The summed E-state index contributed by atoms with van der Waals surface area (Å²) >= 11 is 0. The van der Waals surface area contributed by atoms with E-state index >= 15 is 0 Å². The Labute approximate surface area is 156 Å². The summed E-state index contributed by atoms with van der Waals surface area (Å²) in [5, 5.41) is 5.03. The number of hydrogen-bond donors (Lipinski definition) is 2. The number of carbonyl (C=O) groups is 2. The van der Waals surface area contributed by atoms with E-state index in [2.05, 4.69) is 10.6 Å². The Bertz CT molecular complexity index is 892. The standard InChI is InChI=1S/C17H21F2N3O4S/c1-20-16(24)14-7-17(9-22(14)27(2,25)26)6-12(17)15(23)21-8-10-5-11(18)3-4-13(10)19/h3-5,12,14H,6-9H2,1-2H3,(H,20,24)(H,21,23)/t12-,14+,17+/m1/s1. The zero-order valence-electron chi connectivity index (χ0n) is 15.0. The SMILES string of the molecule is CNC(=O)[C@@H]1C[C@@]2(C[C@@H]2C(=O)NCc2cc(F)ccc2F)CN1S(C)(=O)=O. The van der Waals surface area contributed by atoms with Crippen LogP contribution < -0.4 is 10.6 Å². The van der Waals surface area contributed by atoms with E-state index in [0.717, 1.165) is 28.8 Å². The van der Waals surface area contributed by atoms with E-state index in [0.29, 0.717) is 6.42 Å². The van der Waals surface area contributed by atoms with Gasteiger partial charge in [0.1, 0.15) is 17.7 Å². The molecule has 1 saturated heterocycles. The fourth-order valence-electron chi connectivity index (χ4n) is 3.81. The molecule has 0 aromatic heterocycles. The van der Waals surface area contributed by atoms with E-state index < -0.39 is 44.9 Å². The van der Waals surface area contributed by atoms with Crippen LogP contribution in [0.2, 0.25) is 0 Å². The highest BCUT2D eigenvalue weighted by atomic mass is 32.2. The predicted molar refractivity (Wildman–Crippen MR) is 92.8 cm³/mol. The van der Waals surface area contributed by atoms with Gasteiger partial charge in [0.15, 0.2) is 0 Å². The number of nitrogens with zero attached hydrogens (tertiary/aromatic N) is 1. The molecule has 1 spiro atoms. The Morgan fingerprint density at radius 1 is 1.26 bits per heavy atom. The first-order valence-corrected chi connectivity index (χ1v) is 10.3. The van der Waals surface area contributed by atoms with Gasteiger partial charge in [0.2, 0.25) is 21.8 Å². The van der Waals surface area contributed by atoms with Crippen LogP contribution in [0.4, 0.5) is 8.78 Å². The van der Waals surface area contributed by atoms with Crippen LogP contribution in [0.5, 0.6) is 0 Å². The number of likely N-dealkylation sites (N-methyl/N-ethyl adjacent to an activating group) is 1. The summed E-state index contributed by atoms with van der Waals surface area (Å²) in [4.78, 5) is 24.5. The topological polar surface area (TPSA) is 95.6 Å². The van der Waals surface area contributed by atoms with Gasteiger partial charge < -0.3 is 10.6 Å². The average molecular weight is 401 g/mol. The number of carbonyl (C=O) groups excluding carboxylic acids is 2. The molecule has 0 bridgehead atoms. The van der Waals surface area contributed by atoms with Crippen LogP contribution in [-0.4, -0.2) is 50.4 Å². The van der Waals surface area contributed by atoms with Crippen molar-refractivity contribution in [3.63, 3.8) is 0 Å². The van der Waals surface area contributed by atoms with Gasteiger partial charge in [0.25, 0.3) is 0 Å². The van der Waals surface area contributed by atoms with Crippen molar-refractivity contribution in [2.24, 2.45) is 11.3 Å². The first-order chi connectivity index (χ1) is 12.6. The molecule has 3 atom stereocenters. The third kappa shape index (κ3) is 3.81. The van der Waals surface area contributed by atoms with E-state index in [9.17, 15) is 26.8 Å². The van der Waals surface area contributed by atoms with E-state index in [-0.39, 0.29) is 31.0 Å². The second-order valence-electron chi connectivity index (χ2n) is 7.22. The molecule has 2 amide bonds. The molecule has 0 radical (unpaired) electrons. The molecule has 2 N–H and O–H groups in total. The van der Waals surface area contributed by atoms with Crippen molar-refractivity contribution in [3.8, 4) is 0 Å². The molecule has 148 valence electrons. The van der Waals surface area contributed by atoms with Crippen molar-refractivity contribution in [1.82, 2.24) is 14.9 Å². The number of rotatable bonds is 5. The number of amides is 2. The fourth-order valence-corrected chi connectivity index (χ4v) is 4.94. The molecule has 1 heterocycles. The first kappa shape index (κ1) is 19.7. The maximum atomic E-state index is 13.7. The second-order valence-corrected chi connectivity index (χ2v) is 9.15. The molecule has 3 rings (SSSR count). The summed E-state index contributed by atoms with van der Waals surface area (Å²) < 4.78 is 52.0. The van der Waals surface area contributed by atoms with Crippen molar-refractivity contribution < 1.29 is 26.8 Å². The maximum Gasteiger partial charge on any atom is 0.238 e. The zero-order chi connectivity index (χ0) is 20.0. The largest absolute Gasteiger partial charge is 0.358 e. The minimum atomic E-state index is -3.60. The quantitative estimate of drug-likeness (QED) is 0.745. The summed E-state index contributed by atoms with van der Waals surface area (Å²) in [7, 11) is -2.17. The third-order valence-corrected chi connectivity index (χ3v) is 6.60. The Hall–Kier alpha value is -2.07. The lowest BCUT2D eigenvalue weighted by molar-refractivity contribution is -0.124. The molecule has 1 aromatic carbocycles. The highest BCUT2D eigenvalue weighted by Crippen LogP contribution is 2.60. The third-order valence-electron chi connectivity index (χ3n) is 5.36. The number of halogens is 2. The van der Waals surface area contributed by atoms with Gasteiger partial charge in [-0.25, -0.2) is 17.2 Å². The van der Waals surface area contributed by atoms with Crippen molar-refractivity contribution in [2.45, 2.75) is 25.4 Å². The smallest absolute Gasteiger partial charge is 0.238 e. The minimum Gasteiger partial charge on any atom is -0.358 e. The number of hydrogen-bond acceptors (Lipinski definition) is 4. The van der Waals surface area contributed by atoms with Gasteiger partial charge in [-0.1, -0.05) is 0 Å². The Balaban J connectivity index is 1.68. The molecule has 1 saturated carbocycles. The zero-order valence-corrected chi connectivity index (χ0v) is 15.8. The molecule has 27 heavy (non-hydrogen) atoms. The van der Waals surface area contributed by atoms with Crippen LogP contribution >= 0.6 is 0 Å². The van der Waals surface area contributed by atoms with E-state index in [1.54, 1.807) is 0 Å². The minimum absolute atomic E-state index is 0.0328. The number of benzene rings is 1. The lowest BCUT2D eigenvalue weighted by Crippen LogP contribution is -2.44. The summed E-state index contributed by atoms with van der Waals surface area (Å²) in [6, 6.07) is 2.15. The number of nitrogens with one attached hydrogen (secondary N) is 2. The summed E-state index contributed by atoms with van der Waals surface area (Å²) in [6.07, 6.45) is 1.74. The maximum absolute atomic E-state index is 13.7. The Morgan fingerprint density at radius 3 is 2.59 bits per heavy atom. The van der Waals surface area contributed by atoms with Gasteiger partial charge >= 0.3 is 0 Å². The van der Waals surface area contributed by atoms with Crippen molar-refractivity contribution in [2.75, 3.05) is 19.8 Å². The molecule has 1 aliphatic heterocycles. The highest BCUT2D eigenvalue weighted by molar-refractivity contribution is 7.88. The van der Waals surface area contributed by atoms with E-state index in [1.807, 2.05) is 0 Å². The van der Waals surface area contributed by atoms with Crippen LogP contribution in [0.15, 0.2) is 18.2 Å². The Morgan fingerprint density at radius 2 is 1.96 bits per heavy atom. The van der Waals surface area contributed by atoms with Gasteiger partial charge in [-0.05, 0) is 36.5 Å². The summed E-state index contributed by atoms with van der Waals surface area (Å²) in [5.41, 5.74) is -0.560. The van der Waals surface area contributed by atoms with Crippen LogP contribution in [0, 0.1) is 23.0 Å². The second kappa shape index (κ2) is 6.83. The summed E-state index contributed by atoms with van der Waals surface area (Å²) in [6.45, 7) is -0.0694.